The molecule has 0 aliphatic rings. The van der Waals surface area contributed by atoms with Crippen LogP contribution < -0.4 is 11.1 Å². The quantitative estimate of drug-likeness (QED) is 0.620. The molecule has 108 valence electrons. The van der Waals surface area contributed by atoms with Crippen molar-refractivity contribution in [1.82, 2.24) is 5.32 Å². The van der Waals surface area contributed by atoms with Crippen molar-refractivity contribution < 1.29 is 19.5 Å². The number of nitrogens with two attached hydrogens (primary N) is 1. The maximum absolute atomic E-state index is 11.7. The van der Waals surface area contributed by atoms with Gasteiger partial charge in [-0.1, -0.05) is 6.42 Å². The molecule has 1 rings (SSSR count). The Morgan fingerprint density at radius 3 is 2.15 bits per heavy atom. The summed E-state index contributed by atoms with van der Waals surface area (Å²) in [6, 6.07) is 6.09. The van der Waals surface area contributed by atoms with Crippen LogP contribution in [0.25, 0.3) is 0 Å². The van der Waals surface area contributed by atoms with Crippen molar-refractivity contribution in [1.29, 1.82) is 0 Å². The molecule has 4 N–H and O–H groups in total. The first kappa shape index (κ1) is 15.7. The van der Waals surface area contributed by atoms with Crippen LogP contribution in [0.3, 0.4) is 0 Å². The van der Waals surface area contributed by atoms with E-state index < -0.39 is 11.9 Å². The van der Waals surface area contributed by atoms with Crippen LogP contribution in [0.5, 0.6) is 0 Å². The maximum atomic E-state index is 11.7. The lowest BCUT2D eigenvalue weighted by molar-refractivity contribution is -0.137. The molecule has 0 spiro atoms. The summed E-state index contributed by atoms with van der Waals surface area (Å²) in [5.74, 6) is -1.56. The van der Waals surface area contributed by atoms with Crippen LogP contribution in [0.1, 0.15) is 46.4 Å². The number of unbranched alkanes of at least 4 members (excludes halogenated alkanes) is 2. The highest BCUT2D eigenvalue weighted by atomic mass is 16.4. The van der Waals surface area contributed by atoms with Gasteiger partial charge in [0.2, 0.25) is 5.91 Å². The minimum atomic E-state index is -0.802. The molecule has 0 atom stereocenters. The summed E-state index contributed by atoms with van der Waals surface area (Å²) < 4.78 is 0. The van der Waals surface area contributed by atoms with E-state index in [4.69, 9.17) is 10.8 Å². The molecule has 20 heavy (non-hydrogen) atoms. The molecule has 6 heteroatoms. The highest BCUT2D eigenvalue weighted by molar-refractivity contribution is 5.97. The van der Waals surface area contributed by atoms with Crippen LogP contribution in [0, 0.1) is 0 Å². The second-order valence-corrected chi connectivity index (χ2v) is 4.40. The molecule has 0 bridgehead atoms. The van der Waals surface area contributed by atoms with Crippen molar-refractivity contribution >= 4 is 17.8 Å². The van der Waals surface area contributed by atoms with Crippen LogP contribution in [0.4, 0.5) is 0 Å². The van der Waals surface area contributed by atoms with Gasteiger partial charge in [0.05, 0.1) is 0 Å². The van der Waals surface area contributed by atoms with E-state index >= 15 is 0 Å². The third-order valence-corrected chi connectivity index (χ3v) is 2.78. The van der Waals surface area contributed by atoms with Gasteiger partial charge >= 0.3 is 5.97 Å². The average Bonchev–Trinajstić information content (AvgIpc) is 2.42. The van der Waals surface area contributed by atoms with Crippen LogP contribution in [-0.4, -0.2) is 29.4 Å². The van der Waals surface area contributed by atoms with Crippen molar-refractivity contribution in [3.63, 3.8) is 0 Å². The first-order chi connectivity index (χ1) is 9.50. The molecule has 6 nitrogen and oxygen atoms in total. The number of hydrogen-bond acceptors (Lipinski definition) is 3. The van der Waals surface area contributed by atoms with Crippen LogP contribution >= 0.6 is 0 Å². The standard InChI is InChI=1S/C14H18N2O4/c15-13(19)10-5-7-11(8-6-10)14(20)16-9-3-1-2-4-12(17)18/h5-8H,1-4,9H2,(H2,15,19)(H,16,20)(H,17,18). The first-order valence-corrected chi connectivity index (χ1v) is 6.40. The first-order valence-electron chi connectivity index (χ1n) is 6.40. The number of carbonyl (C=O) groups is 3. The average molecular weight is 278 g/mol. The molecular weight excluding hydrogens is 260 g/mol. The van der Waals surface area contributed by atoms with Crippen LogP contribution in [0.15, 0.2) is 24.3 Å². The SMILES string of the molecule is NC(=O)c1ccc(C(=O)NCCCCCC(=O)O)cc1. The third kappa shape index (κ3) is 5.51. The van der Waals surface area contributed by atoms with Crippen molar-refractivity contribution in [3.8, 4) is 0 Å². The van der Waals surface area contributed by atoms with Gasteiger partial charge in [0.25, 0.3) is 5.91 Å². The van der Waals surface area contributed by atoms with Gasteiger partial charge in [-0.15, -0.1) is 0 Å². The summed E-state index contributed by atoms with van der Waals surface area (Å²) in [4.78, 5) is 32.9. The number of carbonyl (C=O) groups excluding carboxylic acids is 2. The lowest BCUT2D eigenvalue weighted by Gasteiger charge is -2.05. The molecule has 0 aliphatic carbocycles. The number of aliphatic carboxylic acids is 1. The Balaban J connectivity index is 2.29. The molecule has 0 fully saturated rings. The number of benzene rings is 1. The minimum Gasteiger partial charge on any atom is -0.481 e. The number of nitrogens with one attached hydrogen (secondary N) is 1. The summed E-state index contributed by atoms with van der Waals surface area (Å²) in [5.41, 5.74) is 5.92. The number of carboxylic acids is 1. The molecule has 2 amide bonds. The van der Waals surface area contributed by atoms with Gasteiger partial charge in [0, 0.05) is 24.1 Å². The minimum absolute atomic E-state index is 0.155. The summed E-state index contributed by atoms with van der Waals surface area (Å²) in [7, 11) is 0. The number of hydrogen-bond donors (Lipinski definition) is 3. The molecule has 0 saturated heterocycles. The van der Waals surface area contributed by atoms with Crippen LogP contribution in [0.2, 0.25) is 0 Å². The Morgan fingerprint density at radius 1 is 1.00 bits per heavy atom. The lowest BCUT2D eigenvalue weighted by atomic mass is 10.1. The third-order valence-electron chi connectivity index (χ3n) is 2.78. The number of carboxylic acid groups (broad SMARTS) is 1. The zero-order valence-electron chi connectivity index (χ0n) is 11.1. The fraction of sp³-hybridized carbons (Fsp3) is 0.357. The van der Waals surface area contributed by atoms with Crippen molar-refractivity contribution in [2.75, 3.05) is 6.54 Å². The predicted molar refractivity (Wildman–Crippen MR) is 73.4 cm³/mol. The Hall–Kier alpha value is -2.37. The zero-order valence-corrected chi connectivity index (χ0v) is 11.1. The summed E-state index contributed by atoms with van der Waals surface area (Å²) in [6.07, 6.45) is 2.26. The number of rotatable bonds is 8. The molecule has 0 unspecified atom stereocenters. The van der Waals surface area contributed by atoms with E-state index in [1.54, 1.807) is 12.1 Å². The Morgan fingerprint density at radius 2 is 1.60 bits per heavy atom. The van der Waals surface area contributed by atoms with E-state index in [9.17, 15) is 14.4 Å². The Bertz CT molecular complexity index is 482. The number of amides is 2. The monoisotopic (exact) mass is 278 g/mol. The van der Waals surface area contributed by atoms with Crippen molar-refractivity contribution in [2.24, 2.45) is 5.73 Å². The molecule has 0 aromatic heterocycles. The van der Waals surface area contributed by atoms with Gasteiger partial charge < -0.3 is 16.2 Å². The van der Waals surface area contributed by atoms with Crippen molar-refractivity contribution in [2.45, 2.75) is 25.7 Å². The smallest absolute Gasteiger partial charge is 0.303 e. The molecular formula is C14H18N2O4. The molecule has 0 saturated carbocycles. The summed E-state index contributed by atoms with van der Waals surface area (Å²) >= 11 is 0. The molecule has 1 aromatic rings. The topological polar surface area (TPSA) is 109 Å². The highest BCUT2D eigenvalue weighted by Gasteiger charge is 2.06. The lowest BCUT2D eigenvalue weighted by Crippen LogP contribution is -2.24. The van der Waals surface area contributed by atoms with E-state index in [2.05, 4.69) is 5.32 Å². The van der Waals surface area contributed by atoms with E-state index in [-0.39, 0.29) is 12.3 Å². The fourth-order valence-corrected chi connectivity index (χ4v) is 1.67. The van der Waals surface area contributed by atoms with E-state index in [0.717, 1.165) is 12.8 Å². The summed E-state index contributed by atoms with van der Waals surface area (Å²) in [6.45, 7) is 0.496. The van der Waals surface area contributed by atoms with Gasteiger partial charge in [-0.25, -0.2) is 0 Å². The highest BCUT2D eigenvalue weighted by Crippen LogP contribution is 2.04. The second kappa shape index (κ2) is 7.93. The summed E-state index contributed by atoms with van der Waals surface area (Å²) in [5, 5.41) is 11.2. The van der Waals surface area contributed by atoms with Crippen LogP contribution in [-0.2, 0) is 4.79 Å². The second-order valence-electron chi connectivity index (χ2n) is 4.40. The van der Waals surface area contributed by atoms with Gasteiger partial charge in [0.15, 0.2) is 0 Å². The van der Waals surface area contributed by atoms with Gasteiger partial charge in [-0.05, 0) is 37.1 Å². The van der Waals surface area contributed by atoms with E-state index in [0.29, 0.717) is 24.1 Å². The molecule has 0 heterocycles. The normalized spacial score (nSPS) is 10.0. The Labute approximate surface area is 117 Å². The maximum Gasteiger partial charge on any atom is 0.303 e. The Kier molecular flexibility index (Phi) is 6.22. The fourth-order valence-electron chi connectivity index (χ4n) is 1.67. The molecule has 0 radical (unpaired) electrons. The van der Waals surface area contributed by atoms with Crippen molar-refractivity contribution in [3.05, 3.63) is 35.4 Å². The van der Waals surface area contributed by atoms with E-state index in [1.165, 1.54) is 12.1 Å². The molecule has 1 aromatic carbocycles. The number of primary amides is 1. The van der Waals surface area contributed by atoms with E-state index in [1.807, 2.05) is 0 Å². The molecule has 0 aliphatic heterocycles. The van der Waals surface area contributed by atoms with Gasteiger partial charge in [-0.3, -0.25) is 14.4 Å². The van der Waals surface area contributed by atoms with Gasteiger partial charge in [-0.2, -0.15) is 0 Å². The predicted octanol–water partition coefficient (Wildman–Crippen LogP) is 1.16. The zero-order chi connectivity index (χ0) is 15.0. The van der Waals surface area contributed by atoms with Gasteiger partial charge in [0.1, 0.15) is 0 Å². The largest absolute Gasteiger partial charge is 0.481 e.